The number of carbonyl (C=O) groups excluding carboxylic acids is 2. The lowest BCUT2D eigenvalue weighted by molar-refractivity contribution is -0.140. The van der Waals surface area contributed by atoms with Crippen LogP contribution in [-0.2, 0) is 26.2 Å². The Morgan fingerprint density at radius 1 is 1.00 bits per heavy atom. The molecule has 0 aromatic heterocycles. The molecule has 2 aromatic carbocycles. The molecule has 0 aliphatic heterocycles. The third-order valence-corrected chi connectivity index (χ3v) is 6.92. The molecular formula is C26H37N3O5S. The van der Waals surface area contributed by atoms with Gasteiger partial charge in [0.05, 0.1) is 19.1 Å². The second-order valence-corrected chi connectivity index (χ2v) is 10.6. The van der Waals surface area contributed by atoms with Gasteiger partial charge in [-0.25, -0.2) is 8.42 Å². The largest absolute Gasteiger partial charge is 0.497 e. The predicted molar refractivity (Wildman–Crippen MR) is 139 cm³/mol. The summed E-state index contributed by atoms with van der Waals surface area (Å²) in [5.74, 6) is 0.233. The van der Waals surface area contributed by atoms with Crippen LogP contribution in [0.25, 0.3) is 0 Å². The Morgan fingerprint density at radius 3 is 2.06 bits per heavy atom. The van der Waals surface area contributed by atoms with Crippen LogP contribution in [0.4, 0.5) is 5.69 Å². The molecule has 2 amide bonds. The van der Waals surface area contributed by atoms with Gasteiger partial charge >= 0.3 is 0 Å². The summed E-state index contributed by atoms with van der Waals surface area (Å²) in [7, 11) is -2.19. The number of nitrogens with one attached hydrogen (secondary N) is 1. The number of sulfonamides is 1. The predicted octanol–water partition coefficient (Wildman–Crippen LogP) is 3.53. The van der Waals surface area contributed by atoms with Crippen molar-refractivity contribution in [1.82, 2.24) is 10.2 Å². The van der Waals surface area contributed by atoms with Crippen LogP contribution in [0.5, 0.6) is 5.75 Å². The minimum atomic E-state index is -3.76. The van der Waals surface area contributed by atoms with Crippen LogP contribution in [-0.4, -0.2) is 57.6 Å². The molecule has 1 unspecified atom stereocenters. The number of rotatable bonds is 12. The number of carbonyl (C=O) groups is 2. The molecule has 0 aliphatic carbocycles. The molecule has 1 atom stereocenters. The van der Waals surface area contributed by atoms with Gasteiger partial charge in [0.15, 0.2) is 0 Å². The van der Waals surface area contributed by atoms with Crippen molar-refractivity contribution in [1.29, 1.82) is 0 Å². The molecule has 0 bridgehead atoms. The molecule has 0 radical (unpaired) electrons. The Morgan fingerprint density at radius 2 is 1.60 bits per heavy atom. The number of methoxy groups -OCH3 is 1. The first-order valence-electron chi connectivity index (χ1n) is 11.8. The maximum absolute atomic E-state index is 13.6. The van der Waals surface area contributed by atoms with E-state index in [2.05, 4.69) is 19.2 Å². The summed E-state index contributed by atoms with van der Waals surface area (Å²) in [6, 6.07) is 13.6. The van der Waals surface area contributed by atoms with Crippen LogP contribution < -0.4 is 14.4 Å². The number of hydrogen-bond acceptors (Lipinski definition) is 5. The first-order chi connectivity index (χ1) is 16.5. The molecule has 192 valence electrons. The summed E-state index contributed by atoms with van der Waals surface area (Å²) in [4.78, 5) is 27.9. The van der Waals surface area contributed by atoms with Gasteiger partial charge in [-0.3, -0.25) is 13.9 Å². The standard InChI is InChI=1S/C26H37N3O5S/c1-7-24(26(31)27-8-2)28(17-20-9-15-23(34-5)16-10-20)25(30)18-29(35(6,32)33)22-13-11-21(12-14-22)19(3)4/h9-16,19,24H,7-8,17-18H2,1-6H3,(H,27,31). The number of benzene rings is 2. The topological polar surface area (TPSA) is 96.0 Å². The van der Waals surface area contributed by atoms with Gasteiger partial charge in [0.2, 0.25) is 21.8 Å². The molecule has 0 spiro atoms. The van der Waals surface area contributed by atoms with E-state index in [1.165, 1.54) is 4.90 Å². The first kappa shape index (κ1) is 28.2. The van der Waals surface area contributed by atoms with Crippen molar-refractivity contribution in [3.8, 4) is 5.75 Å². The highest BCUT2D eigenvalue weighted by molar-refractivity contribution is 7.92. The normalized spacial score (nSPS) is 12.2. The summed E-state index contributed by atoms with van der Waals surface area (Å²) in [5.41, 5.74) is 2.27. The van der Waals surface area contributed by atoms with Crippen molar-refractivity contribution >= 4 is 27.5 Å². The van der Waals surface area contributed by atoms with Gasteiger partial charge in [0, 0.05) is 13.1 Å². The molecule has 35 heavy (non-hydrogen) atoms. The summed E-state index contributed by atoms with van der Waals surface area (Å²) in [6.45, 7) is 7.91. The summed E-state index contributed by atoms with van der Waals surface area (Å²) >= 11 is 0. The lowest BCUT2D eigenvalue weighted by Gasteiger charge is -2.32. The van der Waals surface area contributed by atoms with E-state index in [4.69, 9.17) is 4.74 Å². The van der Waals surface area contributed by atoms with Crippen molar-refractivity contribution in [2.45, 2.75) is 52.6 Å². The fraction of sp³-hybridized carbons (Fsp3) is 0.462. The molecule has 2 rings (SSSR count). The molecule has 9 heteroatoms. The molecule has 2 aromatic rings. The van der Waals surface area contributed by atoms with Crippen LogP contribution in [0.15, 0.2) is 48.5 Å². The highest BCUT2D eigenvalue weighted by atomic mass is 32.2. The van der Waals surface area contributed by atoms with E-state index in [1.54, 1.807) is 31.4 Å². The molecule has 0 saturated carbocycles. The van der Waals surface area contributed by atoms with Gasteiger partial charge in [-0.1, -0.05) is 45.0 Å². The van der Waals surface area contributed by atoms with Gasteiger partial charge < -0.3 is 15.0 Å². The van der Waals surface area contributed by atoms with Gasteiger partial charge in [0.1, 0.15) is 18.3 Å². The third kappa shape index (κ3) is 7.71. The number of hydrogen-bond donors (Lipinski definition) is 1. The van der Waals surface area contributed by atoms with E-state index in [9.17, 15) is 18.0 Å². The zero-order chi connectivity index (χ0) is 26.2. The number of likely N-dealkylation sites (N-methyl/N-ethyl adjacent to an activating group) is 1. The fourth-order valence-corrected chi connectivity index (χ4v) is 4.63. The van der Waals surface area contributed by atoms with Crippen LogP contribution >= 0.6 is 0 Å². The minimum Gasteiger partial charge on any atom is -0.497 e. The van der Waals surface area contributed by atoms with E-state index in [0.717, 1.165) is 21.7 Å². The van der Waals surface area contributed by atoms with E-state index in [1.807, 2.05) is 38.1 Å². The average molecular weight is 504 g/mol. The zero-order valence-corrected chi connectivity index (χ0v) is 22.3. The van der Waals surface area contributed by atoms with Gasteiger partial charge in [0.25, 0.3) is 0 Å². The number of anilines is 1. The molecule has 0 aliphatic rings. The fourth-order valence-electron chi connectivity index (χ4n) is 3.78. The second-order valence-electron chi connectivity index (χ2n) is 8.70. The molecule has 0 saturated heterocycles. The number of nitrogens with zero attached hydrogens (tertiary/aromatic N) is 2. The van der Waals surface area contributed by atoms with E-state index >= 15 is 0 Å². The van der Waals surface area contributed by atoms with E-state index in [0.29, 0.717) is 30.3 Å². The maximum atomic E-state index is 13.6. The Kier molecular flexibility index (Phi) is 10.1. The van der Waals surface area contributed by atoms with Crippen molar-refractivity contribution in [2.75, 3.05) is 30.8 Å². The lowest BCUT2D eigenvalue weighted by atomic mass is 10.0. The molecular weight excluding hydrogens is 466 g/mol. The van der Waals surface area contributed by atoms with Crippen LogP contribution in [0, 0.1) is 0 Å². The van der Waals surface area contributed by atoms with Crippen molar-refractivity contribution < 1.29 is 22.7 Å². The van der Waals surface area contributed by atoms with E-state index < -0.39 is 28.5 Å². The molecule has 8 nitrogen and oxygen atoms in total. The van der Waals surface area contributed by atoms with Crippen molar-refractivity contribution in [3.63, 3.8) is 0 Å². The summed E-state index contributed by atoms with van der Waals surface area (Å²) in [6.07, 6.45) is 1.46. The SMILES string of the molecule is CCNC(=O)C(CC)N(Cc1ccc(OC)cc1)C(=O)CN(c1ccc(C(C)C)cc1)S(C)(=O)=O. The lowest BCUT2D eigenvalue weighted by Crippen LogP contribution is -2.52. The smallest absolute Gasteiger partial charge is 0.244 e. The van der Waals surface area contributed by atoms with Gasteiger partial charge in [-0.2, -0.15) is 0 Å². The quantitative estimate of drug-likeness (QED) is 0.478. The third-order valence-electron chi connectivity index (χ3n) is 5.78. The highest BCUT2D eigenvalue weighted by Crippen LogP contribution is 2.23. The first-order valence-corrected chi connectivity index (χ1v) is 13.6. The summed E-state index contributed by atoms with van der Waals surface area (Å²) < 4.78 is 31.6. The van der Waals surface area contributed by atoms with Gasteiger partial charge in [-0.15, -0.1) is 0 Å². The second kappa shape index (κ2) is 12.6. The van der Waals surface area contributed by atoms with Crippen molar-refractivity contribution in [2.24, 2.45) is 0 Å². The van der Waals surface area contributed by atoms with Crippen LogP contribution in [0.3, 0.4) is 0 Å². The Balaban J connectivity index is 2.41. The van der Waals surface area contributed by atoms with Crippen LogP contribution in [0.1, 0.15) is 51.2 Å². The Hall–Kier alpha value is -3.07. The zero-order valence-electron chi connectivity index (χ0n) is 21.4. The Labute approximate surface area is 209 Å². The Bertz CT molecular complexity index is 1080. The maximum Gasteiger partial charge on any atom is 0.244 e. The van der Waals surface area contributed by atoms with Crippen molar-refractivity contribution in [3.05, 3.63) is 59.7 Å². The summed E-state index contributed by atoms with van der Waals surface area (Å²) in [5, 5.41) is 2.78. The highest BCUT2D eigenvalue weighted by Gasteiger charge is 2.31. The average Bonchev–Trinajstić information content (AvgIpc) is 2.82. The minimum absolute atomic E-state index is 0.155. The molecule has 1 N–H and O–H groups in total. The molecule has 0 fully saturated rings. The molecule has 0 heterocycles. The number of amides is 2. The van der Waals surface area contributed by atoms with Crippen LogP contribution in [0.2, 0.25) is 0 Å². The van der Waals surface area contributed by atoms with E-state index in [-0.39, 0.29) is 12.5 Å². The van der Waals surface area contributed by atoms with Gasteiger partial charge in [-0.05, 0) is 54.7 Å². The monoisotopic (exact) mass is 503 g/mol. The number of ether oxygens (including phenoxy) is 1.